The van der Waals surface area contributed by atoms with Crippen LogP contribution in [0.2, 0.25) is 0 Å². The number of anilines is 1. The fraction of sp³-hybridized carbons (Fsp3) is 0.467. The zero-order valence-corrected chi connectivity index (χ0v) is 11.9. The van der Waals surface area contributed by atoms with Crippen molar-refractivity contribution in [1.82, 2.24) is 20.4 Å². The summed E-state index contributed by atoms with van der Waals surface area (Å²) in [6.45, 7) is 6.59. The molecule has 0 amide bonds. The minimum absolute atomic E-state index is 0.957. The van der Waals surface area contributed by atoms with Gasteiger partial charge in [-0.15, -0.1) is 0 Å². The second kappa shape index (κ2) is 6.15. The molecule has 0 atom stereocenters. The summed E-state index contributed by atoms with van der Waals surface area (Å²) in [6.07, 6.45) is 1.86. The van der Waals surface area contributed by atoms with Crippen molar-refractivity contribution >= 4 is 16.6 Å². The van der Waals surface area contributed by atoms with E-state index in [2.05, 4.69) is 44.5 Å². The summed E-state index contributed by atoms with van der Waals surface area (Å²) in [6, 6.07) is 8.18. The number of rotatable bonds is 4. The van der Waals surface area contributed by atoms with E-state index in [-0.39, 0.29) is 0 Å². The Balaban J connectivity index is 1.70. The average molecular weight is 271 g/mol. The van der Waals surface area contributed by atoms with Gasteiger partial charge in [0, 0.05) is 51.7 Å². The van der Waals surface area contributed by atoms with Crippen LogP contribution in [0.4, 0.5) is 5.69 Å². The molecule has 2 heterocycles. The highest BCUT2D eigenvalue weighted by atomic mass is 15.2. The van der Waals surface area contributed by atoms with Crippen molar-refractivity contribution in [2.24, 2.45) is 0 Å². The second-order valence-corrected chi connectivity index (χ2v) is 5.26. The highest BCUT2D eigenvalue weighted by Crippen LogP contribution is 2.22. The predicted molar refractivity (Wildman–Crippen MR) is 82.1 cm³/mol. The molecule has 0 bridgehead atoms. The summed E-state index contributed by atoms with van der Waals surface area (Å²) in [7, 11) is 2.13. The molecule has 0 radical (unpaired) electrons. The predicted octanol–water partition coefficient (Wildman–Crippen LogP) is 0.971. The second-order valence-electron chi connectivity index (χ2n) is 5.26. The Hall–Kier alpha value is -1.72. The Labute approximate surface area is 119 Å². The maximum absolute atomic E-state index is 4.18. The molecular formula is C15H21N5. The van der Waals surface area contributed by atoms with E-state index in [1.54, 1.807) is 0 Å². The van der Waals surface area contributed by atoms with Gasteiger partial charge in [0.25, 0.3) is 0 Å². The highest BCUT2D eigenvalue weighted by molar-refractivity contribution is 5.90. The topological polar surface area (TPSA) is 44.3 Å². The number of nitrogens with one attached hydrogen (secondary N) is 1. The first-order valence-electron chi connectivity index (χ1n) is 7.19. The van der Waals surface area contributed by atoms with E-state index in [9.17, 15) is 0 Å². The number of fused-ring (bicyclic) bond motifs is 1. The van der Waals surface area contributed by atoms with Crippen molar-refractivity contribution in [2.75, 3.05) is 51.2 Å². The molecule has 0 aliphatic carbocycles. The third-order valence-electron chi connectivity index (χ3n) is 3.90. The fourth-order valence-corrected chi connectivity index (χ4v) is 2.64. The number of likely N-dealkylation sites (N-methyl/N-ethyl adjacent to an activating group) is 1. The van der Waals surface area contributed by atoms with Gasteiger partial charge in [-0.3, -0.25) is 4.90 Å². The van der Waals surface area contributed by atoms with Gasteiger partial charge in [-0.2, -0.15) is 10.2 Å². The summed E-state index contributed by atoms with van der Waals surface area (Å²) in [4.78, 5) is 4.78. The van der Waals surface area contributed by atoms with Crippen molar-refractivity contribution in [3.63, 3.8) is 0 Å². The minimum atomic E-state index is 0.957. The summed E-state index contributed by atoms with van der Waals surface area (Å²) < 4.78 is 0. The molecule has 20 heavy (non-hydrogen) atoms. The van der Waals surface area contributed by atoms with Crippen LogP contribution in [-0.4, -0.2) is 61.4 Å². The van der Waals surface area contributed by atoms with Gasteiger partial charge in [-0.25, -0.2) is 0 Å². The van der Waals surface area contributed by atoms with E-state index in [1.807, 2.05) is 18.3 Å². The van der Waals surface area contributed by atoms with Crippen LogP contribution >= 0.6 is 0 Å². The smallest absolute Gasteiger partial charge is 0.0950 e. The molecule has 5 nitrogen and oxygen atoms in total. The normalized spacial score (nSPS) is 16.4. The fourth-order valence-electron chi connectivity index (χ4n) is 2.64. The van der Waals surface area contributed by atoms with E-state index in [4.69, 9.17) is 0 Å². The highest BCUT2D eigenvalue weighted by Gasteiger charge is 2.12. The Morgan fingerprint density at radius 3 is 2.90 bits per heavy atom. The molecule has 1 N–H and O–H groups in total. The molecule has 1 fully saturated rings. The van der Waals surface area contributed by atoms with Gasteiger partial charge in [0.05, 0.1) is 17.4 Å². The molecule has 5 heteroatoms. The third kappa shape index (κ3) is 2.89. The maximum atomic E-state index is 4.18. The number of hydrogen-bond donors (Lipinski definition) is 1. The van der Waals surface area contributed by atoms with E-state index >= 15 is 0 Å². The lowest BCUT2D eigenvalue weighted by Crippen LogP contribution is -2.46. The Bertz CT molecular complexity index is 560. The summed E-state index contributed by atoms with van der Waals surface area (Å²) >= 11 is 0. The molecule has 1 aromatic heterocycles. The van der Waals surface area contributed by atoms with Gasteiger partial charge in [0.2, 0.25) is 0 Å². The first kappa shape index (κ1) is 13.3. The van der Waals surface area contributed by atoms with Gasteiger partial charge in [0.1, 0.15) is 0 Å². The van der Waals surface area contributed by atoms with Gasteiger partial charge in [0.15, 0.2) is 0 Å². The number of hydrogen-bond acceptors (Lipinski definition) is 5. The van der Waals surface area contributed by atoms with Gasteiger partial charge < -0.3 is 10.2 Å². The Morgan fingerprint density at radius 1 is 1.25 bits per heavy atom. The van der Waals surface area contributed by atoms with Crippen LogP contribution in [-0.2, 0) is 0 Å². The third-order valence-corrected chi connectivity index (χ3v) is 3.90. The van der Waals surface area contributed by atoms with Crippen LogP contribution in [0.25, 0.3) is 10.9 Å². The molecule has 1 saturated heterocycles. The van der Waals surface area contributed by atoms with Gasteiger partial charge in [-0.05, 0) is 6.07 Å². The summed E-state index contributed by atoms with van der Waals surface area (Å²) in [5.41, 5.74) is 2.12. The molecule has 0 spiro atoms. The van der Waals surface area contributed by atoms with Crippen molar-refractivity contribution in [2.45, 2.75) is 0 Å². The van der Waals surface area contributed by atoms with E-state index in [0.29, 0.717) is 0 Å². The first-order valence-corrected chi connectivity index (χ1v) is 7.19. The molecule has 1 aliphatic rings. The van der Waals surface area contributed by atoms with Crippen molar-refractivity contribution in [1.29, 1.82) is 0 Å². The zero-order chi connectivity index (χ0) is 13.8. The number of nitrogens with zero attached hydrogens (tertiary/aromatic N) is 4. The van der Waals surface area contributed by atoms with Crippen LogP contribution in [0.15, 0.2) is 30.5 Å². The number of aromatic nitrogens is 2. The number of benzene rings is 1. The van der Waals surface area contributed by atoms with Crippen LogP contribution in [0.1, 0.15) is 0 Å². The molecule has 0 saturated carbocycles. The molecule has 1 aliphatic heterocycles. The molecule has 106 valence electrons. The van der Waals surface area contributed by atoms with Crippen LogP contribution in [0.3, 0.4) is 0 Å². The molecule has 2 aromatic rings. The lowest BCUT2D eigenvalue weighted by molar-refractivity contribution is 0.246. The van der Waals surface area contributed by atoms with E-state index in [0.717, 1.165) is 50.5 Å². The molecule has 3 rings (SSSR count). The van der Waals surface area contributed by atoms with Crippen molar-refractivity contribution < 1.29 is 0 Å². The molecule has 0 unspecified atom stereocenters. The van der Waals surface area contributed by atoms with Gasteiger partial charge >= 0.3 is 0 Å². The standard InChI is InChI=1S/C15H21N5/c1-19(10-11-20-8-6-16-7-9-20)15-12-17-18-14-5-3-2-4-13(14)15/h2-5,12,16H,6-11H2,1H3. The Kier molecular flexibility index (Phi) is 4.08. The van der Waals surface area contributed by atoms with Gasteiger partial charge in [-0.1, -0.05) is 18.2 Å². The van der Waals surface area contributed by atoms with Crippen LogP contribution < -0.4 is 10.2 Å². The lowest BCUT2D eigenvalue weighted by atomic mass is 10.2. The van der Waals surface area contributed by atoms with Crippen molar-refractivity contribution in [3.05, 3.63) is 30.5 Å². The lowest BCUT2D eigenvalue weighted by Gasteiger charge is -2.29. The molecular weight excluding hydrogens is 250 g/mol. The maximum Gasteiger partial charge on any atom is 0.0950 e. The van der Waals surface area contributed by atoms with E-state index in [1.165, 1.54) is 5.39 Å². The molecule has 1 aromatic carbocycles. The monoisotopic (exact) mass is 271 g/mol. The van der Waals surface area contributed by atoms with Crippen LogP contribution in [0, 0.1) is 0 Å². The number of piperazine rings is 1. The minimum Gasteiger partial charge on any atom is -0.371 e. The SMILES string of the molecule is CN(CCN1CCNCC1)c1cnnc2ccccc12. The Morgan fingerprint density at radius 2 is 2.05 bits per heavy atom. The average Bonchev–Trinajstić information content (AvgIpc) is 2.53. The largest absolute Gasteiger partial charge is 0.371 e. The summed E-state index contributed by atoms with van der Waals surface area (Å²) in [5, 5.41) is 12.8. The zero-order valence-electron chi connectivity index (χ0n) is 11.9. The summed E-state index contributed by atoms with van der Waals surface area (Å²) in [5.74, 6) is 0. The van der Waals surface area contributed by atoms with E-state index < -0.39 is 0 Å². The van der Waals surface area contributed by atoms with Crippen LogP contribution in [0.5, 0.6) is 0 Å². The van der Waals surface area contributed by atoms with Crippen molar-refractivity contribution in [3.8, 4) is 0 Å². The quantitative estimate of drug-likeness (QED) is 0.898. The first-order chi connectivity index (χ1) is 9.84.